The Morgan fingerprint density at radius 3 is 2.36 bits per heavy atom. The highest BCUT2D eigenvalue weighted by Gasteiger charge is 2.56. The second-order valence-electron chi connectivity index (χ2n) is 11.5. The summed E-state index contributed by atoms with van der Waals surface area (Å²) in [5, 5.41) is 18.5. The Kier molecular flexibility index (Phi) is 4.54. The monoisotopic (exact) mass is 503 g/mol. The first-order valence-electron chi connectivity index (χ1n) is 12.6. The molecule has 36 heavy (non-hydrogen) atoms. The highest BCUT2D eigenvalue weighted by molar-refractivity contribution is 5.77. The van der Waals surface area contributed by atoms with Gasteiger partial charge in [-0.3, -0.25) is 0 Å². The van der Waals surface area contributed by atoms with E-state index in [1.807, 2.05) is 15.9 Å². The molecular formula is C24H28F3N7O2. The number of amides is 2. The van der Waals surface area contributed by atoms with E-state index in [1.165, 1.54) is 0 Å². The predicted molar refractivity (Wildman–Crippen MR) is 121 cm³/mol. The lowest BCUT2D eigenvalue weighted by molar-refractivity contribution is -0.180. The summed E-state index contributed by atoms with van der Waals surface area (Å²) in [6.07, 6.45) is 1.01. The quantitative estimate of drug-likeness (QED) is 0.665. The van der Waals surface area contributed by atoms with E-state index in [0.29, 0.717) is 30.6 Å². The van der Waals surface area contributed by atoms with Gasteiger partial charge < -0.3 is 24.8 Å². The smallest absolute Gasteiger partial charge is 0.382 e. The lowest BCUT2D eigenvalue weighted by Crippen LogP contribution is -2.67. The fourth-order valence-electron chi connectivity index (χ4n) is 6.10. The number of halogens is 3. The van der Waals surface area contributed by atoms with Crippen molar-refractivity contribution < 1.29 is 23.1 Å². The number of likely N-dealkylation sites (tertiary alicyclic amines) is 2. The van der Waals surface area contributed by atoms with Crippen LogP contribution in [0.5, 0.6) is 0 Å². The summed E-state index contributed by atoms with van der Waals surface area (Å²) in [6.45, 7) is 2.72. The van der Waals surface area contributed by atoms with Gasteiger partial charge in [-0.25, -0.2) is 9.78 Å². The third-order valence-electron chi connectivity index (χ3n) is 8.80. The molecule has 0 radical (unpaired) electrons. The molecule has 12 heteroatoms. The normalized spacial score (nSPS) is 25.3. The highest BCUT2D eigenvalue weighted by Crippen LogP contribution is 2.56. The van der Waals surface area contributed by atoms with Gasteiger partial charge in [-0.2, -0.15) is 13.2 Å². The van der Waals surface area contributed by atoms with Crippen molar-refractivity contribution in [3.63, 3.8) is 0 Å². The van der Waals surface area contributed by atoms with Crippen molar-refractivity contribution in [1.29, 1.82) is 0 Å². The van der Waals surface area contributed by atoms with Gasteiger partial charge in [-0.15, -0.1) is 10.2 Å². The minimum Gasteiger partial charge on any atom is -0.382 e. The van der Waals surface area contributed by atoms with E-state index in [0.717, 1.165) is 50.2 Å². The number of alkyl halides is 3. The number of aromatic amines is 1. The number of carbonyl (C=O) groups excluding carboxylic acids is 1. The second kappa shape index (κ2) is 7.33. The summed E-state index contributed by atoms with van der Waals surface area (Å²) >= 11 is 0. The number of nitrogens with one attached hydrogen (secondary N) is 1. The van der Waals surface area contributed by atoms with Crippen molar-refractivity contribution in [1.82, 2.24) is 30.0 Å². The van der Waals surface area contributed by atoms with Crippen LogP contribution in [0.15, 0.2) is 18.3 Å². The molecule has 1 spiro atoms. The number of carbonyl (C=O) groups is 1. The fourth-order valence-corrected chi connectivity index (χ4v) is 6.10. The molecular weight excluding hydrogens is 475 g/mol. The molecule has 0 bridgehead atoms. The Balaban J connectivity index is 0.859. The number of aliphatic hydroxyl groups is 1. The van der Waals surface area contributed by atoms with Crippen molar-refractivity contribution in [3.05, 3.63) is 35.5 Å². The van der Waals surface area contributed by atoms with Gasteiger partial charge in [0.15, 0.2) is 5.82 Å². The molecule has 0 unspecified atom stereocenters. The molecule has 2 N–H and O–H groups in total. The molecule has 5 fully saturated rings. The molecule has 3 saturated heterocycles. The zero-order valence-electron chi connectivity index (χ0n) is 19.7. The SMILES string of the molecule is O=C(N1CC(c2ccc(N3CC(C(F)(F)F)C3)nc2)C1)N1CC2(CC(c3nnc(C4(O)CC4)[nH]3)C2)C1. The lowest BCUT2D eigenvalue weighted by atomic mass is 9.57. The predicted octanol–water partition coefficient (Wildman–Crippen LogP) is 2.58. The van der Waals surface area contributed by atoms with Gasteiger partial charge >= 0.3 is 12.2 Å². The van der Waals surface area contributed by atoms with Crippen LogP contribution in [0, 0.1) is 11.3 Å². The average molecular weight is 504 g/mol. The summed E-state index contributed by atoms with van der Waals surface area (Å²) in [5.74, 6) is 1.25. The van der Waals surface area contributed by atoms with Gasteiger partial charge in [-0.05, 0) is 37.3 Å². The zero-order valence-corrected chi connectivity index (χ0v) is 19.7. The largest absolute Gasteiger partial charge is 0.395 e. The van der Waals surface area contributed by atoms with Gasteiger partial charge in [0.25, 0.3) is 0 Å². The van der Waals surface area contributed by atoms with Crippen LogP contribution in [0.4, 0.5) is 23.8 Å². The number of hydrogen-bond donors (Lipinski definition) is 2. The number of aromatic nitrogens is 4. The minimum absolute atomic E-state index is 0.0393. The van der Waals surface area contributed by atoms with Crippen molar-refractivity contribution in [2.24, 2.45) is 11.3 Å². The molecule has 2 saturated carbocycles. The van der Waals surface area contributed by atoms with Crippen LogP contribution in [0.3, 0.4) is 0 Å². The van der Waals surface area contributed by atoms with Crippen LogP contribution < -0.4 is 4.90 Å². The molecule has 5 aliphatic rings. The van der Waals surface area contributed by atoms with Gasteiger partial charge in [0, 0.05) is 62.7 Å². The highest BCUT2D eigenvalue weighted by atomic mass is 19.4. The molecule has 2 aromatic heterocycles. The second-order valence-corrected chi connectivity index (χ2v) is 11.5. The molecule has 2 aromatic rings. The zero-order chi connectivity index (χ0) is 24.9. The fraction of sp³-hybridized carbons (Fsp3) is 0.667. The van der Waals surface area contributed by atoms with Crippen LogP contribution in [-0.4, -0.2) is 86.5 Å². The van der Waals surface area contributed by atoms with Gasteiger partial charge in [-0.1, -0.05) is 6.07 Å². The maximum Gasteiger partial charge on any atom is 0.395 e. The number of urea groups is 1. The first kappa shape index (κ1) is 22.3. The number of nitrogens with zero attached hydrogens (tertiary/aromatic N) is 6. The topological polar surface area (TPSA) is 101 Å². The number of H-pyrrole nitrogens is 1. The standard InChI is InChI=1S/C24H28F3N7O2/c25-24(26,27)17-10-32(11-17)18-2-1-14(7-28-18)16-8-33(9-16)21(35)34-12-22(13-34)5-15(6-22)19-29-20(31-30-19)23(36)3-4-23/h1-2,7,15-17,36H,3-6,8-13H2,(H,29,30,31). The summed E-state index contributed by atoms with van der Waals surface area (Å²) < 4.78 is 38.1. The number of anilines is 1. The van der Waals surface area contributed by atoms with Crippen LogP contribution in [0.2, 0.25) is 0 Å². The van der Waals surface area contributed by atoms with Crippen LogP contribution in [0.25, 0.3) is 0 Å². The first-order valence-corrected chi connectivity index (χ1v) is 12.6. The van der Waals surface area contributed by atoms with E-state index in [2.05, 4.69) is 20.2 Å². The molecule has 2 amide bonds. The van der Waals surface area contributed by atoms with E-state index < -0.39 is 17.7 Å². The van der Waals surface area contributed by atoms with E-state index in [1.54, 1.807) is 17.2 Å². The molecule has 7 rings (SSSR count). The number of rotatable bonds is 4. The maximum atomic E-state index is 12.9. The van der Waals surface area contributed by atoms with E-state index in [9.17, 15) is 23.1 Å². The summed E-state index contributed by atoms with van der Waals surface area (Å²) in [7, 11) is 0. The molecule has 0 atom stereocenters. The maximum absolute atomic E-state index is 12.9. The Morgan fingerprint density at radius 1 is 1.03 bits per heavy atom. The van der Waals surface area contributed by atoms with Gasteiger partial charge in [0.05, 0.1) is 5.92 Å². The van der Waals surface area contributed by atoms with Gasteiger partial charge in [0.1, 0.15) is 17.2 Å². The van der Waals surface area contributed by atoms with Crippen molar-refractivity contribution in [2.75, 3.05) is 44.2 Å². The van der Waals surface area contributed by atoms with Crippen molar-refractivity contribution in [2.45, 2.75) is 49.3 Å². The molecule has 2 aliphatic carbocycles. The molecule has 3 aliphatic heterocycles. The molecule has 9 nitrogen and oxygen atoms in total. The van der Waals surface area contributed by atoms with Crippen LogP contribution >= 0.6 is 0 Å². The van der Waals surface area contributed by atoms with Gasteiger partial charge in [0.2, 0.25) is 0 Å². The Bertz CT molecular complexity index is 1170. The lowest BCUT2D eigenvalue weighted by Gasteiger charge is -2.59. The average Bonchev–Trinajstić information content (AvgIpc) is 3.25. The van der Waals surface area contributed by atoms with Crippen molar-refractivity contribution in [3.8, 4) is 0 Å². The van der Waals surface area contributed by atoms with E-state index in [-0.39, 0.29) is 30.5 Å². The molecule has 192 valence electrons. The summed E-state index contributed by atoms with van der Waals surface area (Å²) in [4.78, 5) is 25.8. The van der Waals surface area contributed by atoms with Crippen LogP contribution in [-0.2, 0) is 5.60 Å². The third kappa shape index (κ3) is 3.55. The summed E-state index contributed by atoms with van der Waals surface area (Å²) in [6, 6.07) is 3.77. The van der Waals surface area contributed by atoms with E-state index >= 15 is 0 Å². The summed E-state index contributed by atoms with van der Waals surface area (Å²) in [5.41, 5.74) is 0.393. The Labute approximate surface area is 205 Å². The van der Waals surface area contributed by atoms with Crippen molar-refractivity contribution >= 4 is 11.8 Å². The first-order chi connectivity index (χ1) is 17.1. The van der Waals surface area contributed by atoms with E-state index in [4.69, 9.17) is 0 Å². The Morgan fingerprint density at radius 2 is 1.75 bits per heavy atom. The Hall–Kier alpha value is -2.89. The molecule has 5 heterocycles. The molecule has 0 aromatic carbocycles. The number of pyridine rings is 1. The number of hydrogen-bond acceptors (Lipinski definition) is 6. The third-order valence-corrected chi connectivity index (χ3v) is 8.80. The van der Waals surface area contributed by atoms with Crippen LogP contribution in [0.1, 0.15) is 54.7 Å². The minimum atomic E-state index is -4.14.